The fourth-order valence-corrected chi connectivity index (χ4v) is 4.35. The molecule has 1 aromatic heterocycles. The summed E-state index contributed by atoms with van der Waals surface area (Å²) >= 11 is 0. The highest BCUT2D eigenvalue weighted by atomic mass is 32.2. The first-order valence-corrected chi connectivity index (χ1v) is 13.7. The maximum absolute atomic E-state index is 12.5. The Hall–Kier alpha value is -3.68. The minimum atomic E-state index is -3.67. The number of aliphatic hydroxyl groups excluding tert-OH is 1. The van der Waals surface area contributed by atoms with Gasteiger partial charge in [0, 0.05) is 32.5 Å². The Labute approximate surface area is 219 Å². The van der Waals surface area contributed by atoms with E-state index in [1.165, 1.54) is 26.0 Å². The molecule has 0 fully saturated rings. The highest BCUT2D eigenvalue weighted by molar-refractivity contribution is 7.87. The number of aliphatic hydroxyl groups is 1. The number of amides is 1. The number of aromatic nitrogens is 2. The lowest BCUT2D eigenvalue weighted by molar-refractivity contribution is -0.121. The van der Waals surface area contributed by atoms with Crippen molar-refractivity contribution in [2.45, 2.75) is 44.6 Å². The molecule has 0 bridgehead atoms. The molecule has 1 amide bonds. The van der Waals surface area contributed by atoms with Crippen LogP contribution in [-0.2, 0) is 21.5 Å². The predicted octanol–water partition coefficient (Wildman–Crippen LogP) is 1.09. The van der Waals surface area contributed by atoms with Gasteiger partial charge < -0.3 is 24.3 Å². The zero-order valence-electron chi connectivity index (χ0n) is 21.1. The Morgan fingerprint density at radius 2 is 1.84 bits per heavy atom. The number of rotatable bonds is 12. The first kappa shape index (κ1) is 27.4. The van der Waals surface area contributed by atoms with Gasteiger partial charge in [0.05, 0.1) is 22.0 Å². The molecule has 13 heteroatoms. The molecule has 204 valence electrons. The van der Waals surface area contributed by atoms with Gasteiger partial charge in [0.2, 0.25) is 5.91 Å². The monoisotopic (exact) mass is 545 g/mol. The van der Waals surface area contributed by atoms with Crippen LogP contribution < -0.4 is 25.4 Å². The highest BCUT2D eigenvalue weighted by Crippen LogP contribution is 2.20. The molecule has 12 nitrogen and oxygen atoms in total. The number of hydrogen-bond donors (Lipinski definition) is 4. The maximum Gasteiger partial charge on any atom is 0.326 e. The molecule has 2 aromatic carbocycles. The first-order chi connectivity index (χ1) is 18.1. The van der Waals surface area contributed by atoms with Crippen LogP contribution in [0.5, 0.6) is 11.5 Å². The van der Waals surface area contributed by atoms with Crippen LogP contribution in [0.2, 0.25) is 0 Å². The molecule has 1 atom stereocenters. The molecule has 1 aliphatic heterocycles. The van der Waals surface area contributed by atoms with E-state index in [4.69, 9.17) is 8.92 Å². The SMILES string of the molecule is CC(C)S(=O)(=O)Oc1ccc(OCC(O)CNCCn2c(=O)[nH]c3cc(C4=NNC(=O)CC4)ccc32)cc1. The van der Waals surface area contributed by atoms with Crippen molar-refractivity contribution in [1.82, 2.24) is 20.3 Å². The molecule has 0 radical (unpaired) electrons. The second kappa shape index (κ2) is 11.8. The number of hydrogen-bond acceptors (Lipinski definition) is 9. The molecule has 4 rings (SSSR count). The zero-order chi connectivity index (χ0) is 27.3. The van der Waals surface area contributed by atoms with Gasteiger partial charge in [-0.3, -0.25) is 9.36 Å². The van der Waals surface area contributed by atoms with E-state index in [-0.39, 0.29) is 30.5 Å². The third-order valence-corrected chi connectivity index (χ3v) is 7.54. The summed E-state index contributed by atoms with van der Waals surface area (Å²) in [5.41, 5.74) is 5.27. The highest BCUT2D eigenvalue weighted by Gasteiger charge is 2.18. The van der Waals surface area contributed by atoms with Crippen LogP contribution in [0.4, 0.5) is 0 Å². The number of nitrogens with zero attached hydrogens (tertiary/aromatic N) is 2. The summed E-state index contributed by atoms with van der Waals surface area (Å²) in [6.07, 6.45) is 0.121. The fourth-order valence-electron chi connectivity index (χ4n) is 3.78. The molecular formula is C25H31N5O7S. The van der Waals surface area contributed by atoms with Gasteiger partial charge in [0.1, 0.15) is 24.2 Å². The maximum atomic E-state index is 12.5. The second-order valence-corrected chi connectivity index (χ2v) is 11.3. The standard InChI is InChI=1S/C25H31N5O7S/c1-16(2)38(34,35)37-20-6-4-19(5-7-20)36-15-18(31)14-26-11-12-30-23-9-3-17(13-22(23)27-25(30)33)21-8-10-24(32)29-28-21/h3-7,9,13,16,18,26,31H,8,10-12,14-15H2,1-2H3,(H,27,33)(H,29,32). The van der Waals surface area contributed by atoms with Crippen LogP contribution in [-0.4, -0.2) is 65.7 Å². The number of aromatic amines is 1. The summed E-state index contributed by atoms with van der Waals surface area (Å²) in [4.78, 5) is 26.6. The van der Waals surface area contributed by atoms with Gasteiger partial charge in [0.15, 0.2) is 0 Å². The summed E-state index contributed by atoms with van der Waals surface area (Å²) in [7, 11) is -3.67. The van der Waals surface area contributed by atoms with Crippen molar-refractivity contribution in [3.8, 4) is 11.5 Å². The lowest BCUT2D eigenvalue weighted by atomic mass is 10.0. The Kier molecular flexibility index (Phi) is 8.49. The van der Waals surface area contributed by atoms with E-state index in [0.717, 1.165) is 16.8 Å². The van der Waals surface area contributed by atoms with E-state index in [9.17, 15) is 23.1 Å². The smallest absolute Gasteiger partial charge is 0.326 e. The van der Waals surface area contributed by atoms with Gasteiger partial charge >= 0.3 is 15.8 Å². The van der Waals surface area contributed by atoms with Crippen LogP contribution in [0.15, 0.2) is 52.4 Å². The van der Waals surface area contributed by atoms with Crippen molar-refractivity contribution in [2.75, 3.05) is 19.7 Å². The van der Waals surface area contributed by atoms with E-state index in [1.807, 2.05) is 18.2 Å². The molecule has 4 N–H and O–H groups in total. The summed E-state index contributed by atoms with van der Waals surface area (Å²) in [5.74, 6) is 0.539. The molecule has 2 heterocycles. The van der Waals surface area contributed by atoms with Gasteiger partial charge in [0.25, 0.3) is 0 Å². The van der Waals surface area contributed by atoms with Gasteiger partial charge in [-0.2, -0.15) is 13.5 Å². The van der Waals surface area contributed by atoms with E-state index in [2.05, 4.69) is 20.8 Å². The molecule has 38 heavy (non-hydrogen) atoms. The second-order valence-electron chi connectivity index (χ2n) is 9.17. The Morgan fingerprint density at radius 3 is 2.53 bits per heavy atom. The number of hydrazone groups is 1. The van der Waals surface area contributed by atoms with E-state index in [1.54, 1.807) is 16.7 Å². The third-order valence-electron chi connectivity index (χ3n) is 5.96. The van der Waals surface area contributed by atoms with Crippen molar-refractivity contribution in [1.29, 1.82) is 0 Å². The number of carbonyl (C=O) groups is 1. The Balaban J connectivity index is 1.23. The quantitative estimate of drug-likeness (QED) is 0.194. The van der Waals surface area contributed by atoms with Crippen molar-refractivity contribution < 1.29 is 27.2 Å². The average molecular weight is 546 g/mol. The lowest BCUT2D eigenvalue weighted by Crippen LogP contribution is -2.34. The minimum Gasteiger partial charge on any atom is -0.491 e. The van der Waals surface area contributed by atoms with Crippen molar-refractivity contribution in [3.05, 3.63) is 58.5 Å². The largest absolute Gasteiger partial charge is 0.491 e. The van der Waals surface area contributed by atoms with Gasteiger partial charge in [-0.25, -0.2) is 10.2 Å². The van der Waals surface area contributed by atoms with E-state index in [0.29, 0.717) is 37.2 Å². The molecule has 1 unspecified atom stereocenters. The van der Waals surface area contributed by atoms with Crippen molar-refractivity contribution in [2.24, 2.45) is 5.10 Å². The number of ether oxygens (including phenoxy) is 1. The summed E-state index contributed by atoms with van der Waals surface area (Å²) in [5, 5.41) is 16.8. The van der Waals surface area contributed by atoms with Crippen LogP contribution >= 0.6 is 0 Å². The van der Waals surface area contributed by atoms with E-state index < -0.39 is 21.5 Å². The first-order valence-electron chi connectivity index (χ1n) is 12.3. The Morgan fingerprint density at radius 1 is 1.11 bits per heavy atom. The van der Waals surface area contributed by atoms with Crippen LogP contribution in [0, 0.1) is 0 Å². The third kappa shape index (κ3) is 6.79. The van der Waals surface area contributed by atoms with E-state index >= 15 is 0 Å². The lowest BCUT2D eigenvalue weighted by Gasteiger charge is -2.14. The molecule has 1 aliphatic rings. The zero-order valence-corrected chi connectivity index (χ0v) is 22.0. The number of carbonyl (C=O) groups excluding carboxylic acids is 1. The Bertz CT molecular complexity index is 1480. The van der Waals surface area contributed by atoms with Crippen LogP contribution in [0.25, 0.3) is 11.0 Å². The molecular weight excluding hydrogens is 514 g/mol. The molecule has 0 saturated heterocycles. The predicted molar refractivity (Wildman–Crippen MR) is 142 cm³/mol. The number of nitrogens with one attached hydrogen (secondary N) is 3. The fraction of sp³-hybridized carbons (Fsp3) is 0.400. The topological polar surface area (TPSA) is 164 Å². The average Bonchev–Trinajstić information content (AvgIpc) is 3.20. The summed E-state index contributed by atoms with van der Waals surface area (Å²) in [6.45, 7) is 4.19. The van der Waals surface area contributed by atoms with Crippen LogP contribution in [0.1, 0.15) is 32.3 Å². The number of imidazole rings is 1. The summed E-state index contributed by atoms with van der Waals surface area (Å²) < 4.78 is 35.9. The number of H-pyrrole nitrogens is 1. The minimum absolute atomic E-state index is 0.0254. The number of benzene rings is 2. The van der Waals surface area contributed by atoms with Gasteiger partial charge in [-0.15, -0.1) is 0 Å². The van der Waals surface area contributed by atoms with Crippen molar-refractivity contribution in [3.63, 3.8) is 0 Å². The van der Waals surface area contributed by atoms with Crippen molar-refractivity contribution >= 4 is 32.8 Å². The molecule has 0 spiro atoms. The van der Waals surface area contributed by atoms with Gasteiger partial charge in [-0.1, -0.05) is 6.07 Å². The summed E-state index contributed by atoms with van der Waals surface area (Å²) in [6, 6.07) is 11.7. The normalized spacial score (nSPS) is 14.8. The molecule has 0 saturated carbocycles. The molecule has 3 aromatic rings. The van der Waals surface area contributed by atoms with Gasteiger partial charge in [-0.05, 0) is 55.8 Å². The van der Waals surface area contributed by atoms with Crippen LogP contribution in [0.3, 0.4) is 0 Å². The number of fused-ring (bicyclic) bond motifs is 1. The molecule has 0 aliphatic carbocycles.